The maximum Gasteiger partial charge on any atom is 0.244 e. The van der Waals surface area contributed by atoms with E-state index in [9.17, 15) is 8.42 Å². The SMILES string of the molecule is C#CCN(CC1OC1(C)C)S(=O)(=O)c1ccc(C)cc1. The number of ether oxygens (including phenoxy) is 1. The molecule has 0 spiro atoms. The van der Waals surface area contributed by atoms with Crippen LogP contribution in [-0.2, 0) is 14.8 Å². The first-order chi connectivity index (χ1) is 9.27. The van der Waals surface area contributed by atoms with Crippen molar-refractivity contribution >= 4 is 10.0 Å². The highest BCUT2D eigenvalue weighted by atomic mass is 32.2. The summed E-state index contributed by atoms with van der Waals surface area (Å²) in [6.07, 6.45) is 5.19. The predicted molar refractivity (Wildman–Crippen MR) is 77.7 cm³/mol. The Kier molecular flexibility index (Phi) is 3.92. The molecule has 2 rings (SSSR count). The van der Waals surface area contributed by atoms with Gasteiger partial charge in [0, 0.05) is 6.54 Å². The first-order valence-corrected chi connectivity index (χ1v) is 7.89. The van der Waals surface area contributed by atoms with E-state index in [1.807, 2.05) is 20.8 Å². The van der Waals surface area contributed by atoms with E-state index in [1.165, 1.54) is 4.31 Å². The largest absolute Gasteiger partial charge is 0.365 e. The van der Waals surface area contributed by atoms with Crippen molar-refractivity contribution in [3.63, 3.8) is 0 Å². The van der Waals surface area contributed by atoms with Gasteiger partial charge in [0.1, 0.15) is 6.10 Å². The normalized spacial score (nSPS) is 20.6. The second-order valence-corrected chi connectivity index (χ2v) is 7.46. The third-order valence-corrected chi connectivity index (χ3v) is 5.29. The Labute approximate surface area is 120 Å². The number of benzene rings is 1. The second-order valence-electron chi connectivity index (χ2n) is 5.52. The molecule has 4 nitrogen and oxygen atoms in total. The Morgan fingerprint density at radius 2 is 1.90 bits per heavy atom. The Morgan fingerprint density at radius 1 is 1.35 bits per heavy atom. The van der Waals surface area contributed by atoms with E-state index >= 15 is 0 Å². The van der Waals surface area contributed by atoms with Gasteiger partial charge in [-0.05, 0) is 32.9 Å². The van der Waals surface area contributed by atoms with Crippen LogP contribution in [0.3, 0.4) is 0 Å². The average molecular weight is 293 g/mol. The first-order valence-electron chi connectivity index (χ1n) is 6.45. The molecule has 0 saturated carbocycles. The Bertz CT molecular complexity index is 626. The average Bonchev–Trinajstić information content (AvgIpc) is 2.96. The molecule has 1 unspecified atom stereocenters. The molecular formula is C15H19NO3S. The van der Waals surface area contributed by atoms with Gasteiger partial charge in [-0.25, -0.2) is 8.42 Å². The highest BCUT2D eigenvalue weighted by molar-refractivity contribution is 7.89. The molecule has 0 N–H and O–H groups in total. The molecule has 20 heavy (non-hydrogen) atoms. The van der Waals surface area contributed by atoms with Crippen molar-refractivity contribution in [3.05, 3.63) is 29.8 Å². The van der Waals surface area contributed by atoms with E-state index in [-0.39, 0.29) is 29.7 Å². The fraction of sp³-hybridized carbons (Fsp3) is 0.467. The third-order valence-electron chi connectivity index (χ3n) is 3.46. The quantitative estimate of drug-likeness (QED) is 0.614. The first kappa shape index (κ1) is 15.0. The zero-order valence-corrected chi connectivity index (χ0v) is 12.8. The van der Waals surface area contributed by atoms with Crippen LogP contribution in [0.4, 0.5) is 0 Å². The number of hydrogen-bond acceptors (Lipinski definition) is 3. The topological polar surface area (TPSA) is 49.9 Å². The lowest BCUT2D eigenvalue weighted by atomic mass is 10.1. The Morgan fingerprint density at radius 3 is 2.35 bits per heavy atom. The summed E-state index contributed by atoms with van der Waals surface area (Å²) in [4.78, 5) is 0.261. The molecule has 1 fully saturated rings. The minimum Gasteiger partial charge on any atom is -0.365 e. The molecule has 1 saturated heterocycles. The third kappa shape index (κ3) is 3.04. The van der Waals surface area contributed by atoms with Crippen LogP contribution in [0.1, 0.15) is 19.4 Å². The molecule has 108 valence electrons. The Balaban J connectivity index is 2.23. The van der Waals surface area contributed by atoms with Crippen LogP contribution in [-0.4, -0.2) is 37.5 Å². The predicted octanol–water partition coefficient (Wildman–Crippen LogP) is 1.80. The van der Waals surface area contributed by atoms with Crippen LogP contribution < -0.4 is 0 Å². The summed E-state index contributed by atoms with van der Waals surface area (Å²) in [6, 6.07) is 6.76. The van der Waals surface area contributed by atoms with Crippen molar-refractivity contribution < 1.29 is 13.2 Å². The van der Waals surface area contributed by atoms with Gasteiger partial charge in [-0.15, -0.1) is 6.42 Å². The minimum atomic E-state index is -3.57. The molecule has 1 aromatic rings. The molecule has 1 heterocycles. The van der Waals surface area contributed by atoms with Gasteiger partial charge in [0.15, 0.2) is 0 Å². The summed E-state index contributed by atoms with van der Waals surface area (Å²) in [7, 11) is -3.57. The molecular weight excluding hydrogens is 274 g/mol. The maximum atomic E-state index is 12.6. The monoisotopic (exact) mass is 293 g/mol. The van der Waals surface area contributed by atoms with Crippen molar-refractivity contribution in [1.29, 1.82) is 0 Å². The molecule has 1 aromatic carbocycles. The number of sulfonamides is 1. The van der Waals surface area contributed by atoms with E-state index in [4.69, 9.17) is 11.2 Å². The summed E-state index contributed by atoms with van der Waals surface area (Å²) in [5.41, 5.74) is 0.745. The van der Waals surface area contributed by atoms with Crippen molar-refractivity contribution in [3.8, 4) is 12.3 Å². The second kappa shape index (κ2) is 5.21. The maximum absolute atomic E-state index is 12.6. The number of nitrogens with zero attached hydrogens (tertiary/aromatic N) is 1. The van der Waals surface area contributed by atoms with Crippen LogP contribution in [0.25, 0.3) is 0 Å². The van der Waals surface area contributed by atoms with Gasteiger partial charge in [0.25, 0.3) is 0 Å². The molecule has 1 aliphatic rings. The van der Waals surface area contributed by atoms with Crippen molar-refractivity contribution in [2.45, 2.75) is 37.4 Å². The molecule has 0 radical (unpaired) electrons. The van der Waals surface area contributed by atoms with Crippen LogP contribution in [0.5, 0.6) is 0 Å². The molecule has 0 aliphatic carbocycles. The highest BCUT2D eigenvalue weighted by Crippen LogP contribution is 2.36. The number of hydrogen-bond donors (Lipinski definition) is 0. The van der Waals surface area contributed by atoms with Crippen LogP contribution in [0, 0.1) is 19.3 Å². The van der Waals surface area contributed by atoms with E-state index < -0.39 is 10.0 Å². The van der Waals surface area contributed by atoms with Gasteiger partial charge >= 0.3 is 0 Å². The lowest BCUT2D eigenvalue weighted by Gasteiger charge is -2.19. The molecule has 0 amide bonds. The van der Waals surface area contributed by atoms with E-state index in [0.717, 1.165) is 5.56 Å². The van der Waals surface area contributed by atoms with E-state index in [0.29, 0.717) is 0 Å². The summed E-state index contributed by atoms with van der Waals surface area (Å²) >= 11 is 0. The standard InChI is InChI=1S/C15H19NO3S/c1-5-10-16(11-14-15(3,4)19-14)20(17,18)13-8-6-12(2)7-9-13/h1,6-9,14H,10-11H2,2-4H3. The van der Waals surface area contributed by atoms with Gasteiger partial charge in [-0.1, -0.05) is 23.6 Å². The van der Waals surface area contributed by atoms with E-state index in [2.05, 4.69) is 5.92 Å². The Hall–Kier alpha value is -1.35. The fourth-order valence-electron chi connectivity index (χ4n) is 1.98. The number of aryl methyl sites for hydroxylation is 1. The highest BCUT2D eigenvalue weighted by Gasteiger charge is 2.49. The number of epoxide rings is 1. The summed E-state index contributed by atoms with van der Waals surface area (Å²) < 4.78 is 31.9. The lowest BCUT2D eigenvalue weighted by molar-refractivity contribution is 0.306. The number of rotatable bonds is 5. The van der Waals surface area contributed by atoms with Gasteiger partial charge in [-0.2, -0.15) is 4.31 Å². The van der Waals surface area contributed by atoms with Gasteiger partial charge in [0.2, 0.25) is 10.0 Å². The number of terminal acetylenes is 1. The smallest absolute Gasteiger partial charge is 0.244 e. The summed E-state index contributed by atoms with van der Waals surface area (Å²) in [5, 5.41) is 0. The van der Waals surface area contributed by atoms with Crippen molar-refractivity contribution in [2.75, 3.05) is 13.1 Å². The van der Waals surface area contributed by atoms with Crippen molar-refractivity contribution in [2.24, 2.45) is 0 Å². The van der Waals surface area contributed by atoms with Gasteiger partial charge in [0.05, 0.1) is 17.0 Å². The van der Waals surface area contributed by atoms with Gasteiger partial charge < -0.3 is 4.74 Å². The molecule has 0 bridgehead atoms. The van der Waals surface area contributed by atoms with Gasteiger partial charge in [-0.3, -0.25) is 0 Å². The van der Waals surface area contributed by atoms with Crippen molar-refractivity contribution in [1.82, 2.24) is 4.31 Å². The van der Waals surface area contributed by atoms with Crippen LogP contribution in [0.2, 0.25) is 0 Å². The summed E-state index contributed by atoms with van der Waals surface area (Å²) in [6.45, 7) is 6.12. The van der Waals surface area contributed by atoms with Crippen LogP contribution >= 0.6 is 0 Å². The molecule has 1 atom stereocenters. The zero-order valence-electron chi connectivity index (χ0n) is 12.0. The molecule has 1 aliphatic heterocycles. The van der Waals surface area contributed by atoms with E-state index in [1.54, 1.807) is 24.3 Å². The lowest BCUT2D eigenvalue weighted by Crippen LogP contribution is -2.35. The minimum absolute atomic E-state index is 0.0478. The fourth-order valence-corrected chi connectivity index (χ4v) is 3.34. The zero-order chi connectivity index (χ0) is 15.0. The summed E-state index contributed by atoms with van der Waals surface area (Å²) in [5.74, 6) is 2.41. The molecule has 0 aromatic heterocycles. The van der Waals surface area contributed by atoms with Crippen LogP contribution in [0.15, 0.2) is 29.2 Å². The molecule has 5 heteroatoms.